The first kappa shape index (κ1) is 17.7. The average Bonchev–Trinajstić information content (AvgIpc) is 2.83. The molecule has 0 amide bonds. The molecule has 0 unspecified atom stereocenters. The van der Waals surface area contributed by atoms with Gasteiger partial charge in [-0.15, -0.1) is 0 Å². The Kier molecular flexibility index (Phi) is 6.25. The molecular weight excluding hydrogens is 316 g/mol. The summed E-state index contributed by atoms with van der Waals surface area (Å²) in [5.41, 5.74) is 3.61. The Morgan fingerprint density at radius 2 is 2.16 bits per heavy atom. The predicted molar refractivity (Wildman–Crippen MR) is 97.1 cm³/mol. The normalized spacial score (nSPS) is 16.6. The molecule has 0 radical (unpaired) electrons. The first-order chi connectivity index (χ1) is 12.3. The van der Waals surface area contributed by atoms with E-state index in [0.717, 1.165) is 37.3 Å². The van der Waals surface area contributed by atoms with E-state index in [1.165, 1.54) is 11.1 Å². The third kappa shape index (κ3) is 4.94. The van der Waals surface area contributed by atoms with Crippen molar-refractivity contribution in [3.05, 3.63) is 53.2 Å². The van der Waals surface area contributed by atoms with Crippen LogP contribution in [0.15, 0.2) is 36.5 Å². The van der Waals surface area contributed by atoms with Gasteiger partial charge in [0.15, 0.2) is 0 Å². The average molecular weight is 342 g/mol. The van der Waals surface area contributed by atoms with Crippen molar-refractivity contribution in [2.45, 2.75) is 32.4 Å². The smallest absolute Gasteiger partial charge is 0.213 e. The number of methoxy groups -OCH3 is 1. The van der Waals surface area contributed by atoms with Gasteiger partial charge in [-0.1, -0.05) is 18.2 Å². The van der Waals surface area contributed by atoms with Crippen molar-refractivity contribution < 1.29 is 14.2 Å². The second kappa shape index (κ2) is 8.83. The molecule has 1 atom stereocenters. The van der Waals surface area contributed by atoms with Gasteiger partial charge in [0.1, 0.15) is 12.4 Å². The zero-order valence-corrected chi connectivity index (χ0v) is 15.0. The van der Waals surface area contributed by atoms with Crippen molar-refractivity contribution in [3.63, 3.8) is 0 Å². The Hall–Kier alpha value is -2.11. The highest BCUT2D eigenvalue weighted by Gasteiger charge is 2.19. The van der Waals surface area contributed by atoms with E-state index < -0.39 is 0 Å². The molecule has 0 saturated heterocycles. The van der Waals surface area contributed by atoms with E-state index in [1.54, 1.807) is 7.11 Å². The van der Waals surface area contributed by atoms with Crippen LogP contribution < -0.4 is 14.8 Å². The number of pyridine rings is 1. The van der Waals surface area contributed by atoms with Gasteiger partial charge in [-0.05, 0) is 37.0 Å². The molecule has 1 aromatic carbocycles. The van der Waals surface area contributed by atoms with Crippen LogP contribution in [0.25, 0.3) is 0 Å². The quantitative estimate of drug-likeness (QED) is 0.782. The van der Waals surface area contributed by atoms with E-state index in [2.05, 4.69) is 35.4 Å². The number of nitrogens with zero attached hydrogens (tertiary/aromatic N) is 1. The van der Waals surface area contributed by atoms with E-state index >= 15 is 0 Å². The molecule has 1 N–H and O–H groups in total. The summed E-state index contributed by atoms with van der Waals surface area (Å²) < 4.78 is 16.4. The first-order valence-corrected chi connectivity index (χ1v) is 8.79. The lowest BCUT2D eigenvalue weighted by molar-refractivity contribution is 0.143. The number of aryl methyl sites for hydroxylation is 1. The van der Waals surface area contributed by atoms with Crippen LogP contribution >= 0.6 is 0 Å². The molecule has 1 aliphatic rings. The molecule has 25 heavy (non-hydrogen) atoms. The number of fused-ring (bicyclic) bond motifs is 1. The number of hydrogen-bond acceptors (Lipinski definition) is 5. The van der Waals surface area contributed by atoms with Gasteiger partial charge in [0.05, 0.1) is 13.2 Å². The Balaban J connectivity index is 1.60. The molecule has 1 aliphatic heterocycles. The number of ether oxygens (including phenoxy) is 3. The van der Waals surface area contributed by atoms with Gasteiger partial charge in [-0.25, -0.2) is 4.98 Å². The van der Waals surface area contributed by atoms with Gasteiger partial charge in [0.25, 0.3) is 0 Å². The Labute approximate surface area is 149 Å². The minimum atomic E-state index is 0.302. The van der Waals surface area contributed by atoms with E-state index in [0.29, 0.717) is 25.1 Å². The molecule has 5 nitrogen and oxygen atoms in total. The Morgan fingerprint density at radius 1 is 1.24 bits per heavy atom. The van der Waals surface area contributed by atoms with Crippen molar-refractivity contribution in [2.75, 3.05) is 26.9 Å². The van der Waals surface area contributed by atoms with Gasteiger partial charge in [-0.2, -0.15) is 0 Å². The lowest BCUT2D eigenvalue weighted by atomic mass is 10.0. The van der Waals surface area contributed by atoms with Gasteiger partial charge >= 0.3 is 0 Å². The molecule has 134 valence electrons. The maximum absolute atomic E-state index is 5.89. The highest BCUT2D eigenvalue weighted by Crippen LogP contribution is 2.32. The molecule has 0 fully saturated rings. The number of aromatic nitrogens is 1. The van der Waals surface area contributed by atoms with Gasteiger partial charge in [0.2, 0.25) is 5.88 Å². The van der Waals surface area contributed by atoms with Crippen molar-refractivity contribution in [1.29, 1.82) is 0 Å². The van der Waals surface area contributed by atoms with Gasteiger partial charge < -0.3 is 19.5 Å². The Morgan fingerprint density at radius 3 is 2.96 bits per heavy atom. The second-order valence-electron chi connectivity index (χ2n) is 6.31. The lowest BCUT2D eigenvalue weighted by Crippen LogP contribution is -2.20. The maximum atomic E-state index is 5.89. The van der Waals surface area contributed by atoms with Gasteiger partial charge in [0, 0.05) is 37.5 Å². The zero-order valence-electron chi connectivity index (χ0n) is 15.0. The van der Waals surface area contributed by atoms with Crippen LogP contribution in [-0.2, 0) is 11.3 Å². The van der Waals surface area contributed by atoms with Crippen molar-refractivity contribution in [2.24, 2.45) is 0 Å². The van der Waals surface area contributed by atoms with Crippen molar-refractivity contribution in [3.8, 4) is 11.6 Å². The molecular formula is C20H26N2O3. The summed E-state index contributed by atoms with van der Waals surface area (Å²) in [6.45, 7) is 4.72. The maximum Gasteiger partial charge on any atom is 0.213 e. The van der Waals surface area contributed by atoms with Crippen LogP contribution in [0.2, 0.25) is 0 Å². The molecule has 3 rings (SSSR count). The largest absolute Gasteiger partial charge is 0.493 e. The third-order valence-electron chi connectivity index (χ3n) is 4.33. The van der Waals surface area contributed by atoms with E-state index in [-0.39, 0.29) is 0 Å². The summed E-state index contributed by atoms with van der Waals surface area (Å²) in [4.78, 5) is 4.35. The monoisotopic (exact) mass is 342 g/mol. The molecule has 2 heterocycles. The van der Waals surface area contributed by atoms with Crippen LogP contribution in [0.5, 0.6) is 11.6 Å². The van der Waals surface area contributed by atoms with Crippen LogP contribution in [0.3, 0.4) is 0 Å². The molecule has 0 spiro atoms. The third-order valence-corrected chi connectivity index (χ3v) is 4.33. The minimum Gasteiger partial charge on any atom is -0.493 e. The summed E-state index contributed by atoms with van der Waals surface area (Å²) in [5.74, 6) is 1.64. The summed E-state index contributed by atoms with van der Waals surface area (Å²) in [5, 5.41) is 3.64. The number of rotatable bonds is 7. The van der Waals surface area contributed by atoms with Crippen molar-refractivity contribution >= 4 is 0 Å². The molecule has 2 aromatic rings. The first-order valence-electron chi connectivity index (χ1n) is 8.79. The van der Waals surface area contributed by atoms with Crippen molar-refractivity contribution in [1.82, 2.24) is 10.3 Å². The van der Waals surface area contributed by atoms with Crippen LogP contribution in [0, 0.1) is 6.92 Å². The summed E-state index contributed by atoms with van der Waals surface area (Å²) in [7, 11) is 1.66. The standard InChI is InChI=1S/C20H26N2O3/c1-15-5-7-17-18(4-3-9-24-19(17)12-15)21-13-16-6-8-20(22-14-16)25-11-10-23-2/h5-8,12,14,18,21H,3-4,9-11,13H2,1-2H3/t18-/m1/s1. The second-order valence-corrected chi connectivity index (χ2v) is 6.31. The van der Waals surface area contributed by atoms with E-state index in [4.69, 9.17) is 14.2 Å². The van der Waals surface area contributed by atoms with Crippen LogP contribution in [-0.4, -0.2) is 31.9 Å². The van der Waals surface area contributed by atoms with Crippen LogP contribution in [0.1, 0.15) is 35.6 Å². The number of benzene rings is 1. The minimum absolute atomic E-state index is 0.302. The molecule has 0 saturated carbocycles. The lowest BCUT2D eigenvalue weighted by Gasteiger charge is -2.19. The number of hydrogen-bond donors (Lipinski definition) is 1. The number of nitrogens with one attached hydrogen (secondary N) is 1. The summed E-state index contributed by atoms with van der Waals surface area (Å²) in [6.07, 6.45) is 3.98. The van der Waals surface area contributed by atoms with Crippen LogP contribution in [0.4, 0.5) is 0 Å². The molecule has 5 heteroatoms. The highest BCUT2D eigenvalue weighted by molar-refractivity contribution is 5.40. The zero-order chi connectivity index (χ0) is 17.5. The summed E-state index contributed by atoms with van der Waals surface area (Å²) in [6, 6.07) is 10.7. The summed E-state index contributed by atoms with van der Waals surface area (Å²) >= 11 is 0. The highest BCUT2D eigenvalue weighted by atomic mass is 16.5. The fourth-order valence-corrected chi connectivity index (χ4v) is 2.96. The molecule has 0 bridgehead atoms. The van der Waals surface area contributed by atoms with Gasteiger partial charge in [-0.3, -0.25) is 0 Å². The van der Waals surface area contributed by atoms with E-state index in [9.17, 15) is 0 Å². The topological polar surface area (TPSA) is 52.6 Å². The Bertz CT molecular complexity index is 673. The molecule has 1 aromatic heterocycles. The SMILES string of the molecule is COCCOc1ccc(CN[C@@H]2CCCOc3cc(C)ccc32)cn1. The fraction of sp³-hybridized carbons (Fsp3) is 0.450. The fourth-order valence-electron chi connectivity index (χ4n) is 2.96. The molecule has 0 aliphatic carbocycles. The van der Waals surface area contributed by atoms with E-state index in [1.807, 2.05) is 18.3 Å². The predicted octanol–water partition coefficient (Wildman–Crippen LogP) is 3.42.